The van der Waals surface area contributed by atoms with Gasteiger partial charge in [-0.25, -0.2) is 12.8 Å². The molecule has 0 bridgehead atoms. The second-order valence-electron chi connectivity index (χ2n) is 5.89. The zero-order chi connectivity index (χ0) is 19.9. The first-order valence-corrected chi connectivity index (χ1v) is 11.4. The van der Waals surface area contributed by atoms with Gasteiger partial charge in [-0.1, -0.05) is 19.1 Å². The van der Waals surface area contributed by atoms with Crippen molar-refractivity contribution in [1.29, 1.82) is 0 Å². The number of carbonyl (C=O) groups is 1. The number of anilines is 2. The number of carbonyl (C=O) groups excluding carboxylic acids is 1. The Labute approximate surface area is 164 Å². The Bertz CT molecular complexity index is 871. The Hall–Kier alpha value is -2.06. The van der Waals surface area contributed by atoms with Crippen molar-refractivity contribution in [3.8, 4) is 0 Å². The summed E-state index contributed by atoms with van der Waals surface area (Å²) in [7, 11) is -3.53. The van der Waals surface area contributed by atoms with Crippen LogP contribution in [0.4, 0.5) is 15.8 Å². The van der Waals surface area contributed by atoms with E-state index in [0.29, 0.717) is 12.1 Å². The molecule has 2 aromatic carbocycles. The van der Waals surface area contributed by atoms with Gasteiger partial charge in [0.1, 0.15) is 5.82 Å². The number of amides is 1. The van der Waals surface area contributed by atoms with Crippen molar-refractivity contribution in [3.05, 3.63) is 54.3 Å². The number of nitrogens with one attached hydrogen (secondary N) is 1. The van der Waals surface area contributed by atoms with Crippen LogP contribution in [0.15, 0.2) is 53.4 Å². The molecular weight excluding hydrogens is 387 g/mol. The zero-order valence-electron chi connectivity index (χ0n) is 15.3. The fourth-order valence-electron chi connectivity index (χ4n) is 2.54. The molecule has 27 heavy (non-hydrogen) atoms. The topological polar surface area (TPSA) is 66.5 Å². The quantitative estimate of drug-likeness (QED) is 0.632. The number of sulfonamides is 1. The number of thioether (sulfide) groups is 1. The first-order valence-electron chi connectivity index (χ1n) is 8.56. The third-order valence-corrected chi connectivity index (χ3v) is 5.89. The molecule has 5 nitrogen and oxygen atoms in total. The smallest absolute Gasteiger partial charge is 0.232 e. The summed E-state index contributed by atoms with van der Waals surface area (Å²) in [6.45, 7) is 2.18. The summed E-state index contributed by atoms with van der Waals surface area (Å²) in [6.07, 6.45) is 1.62. The fourth-order valence-corrected chi connectivity index (χ4v) is 4.27. The van der Waals surface area contributed by atoms with E-state index in [9.17, 15) is 17.6 Å². The highest BCUT2D eigenvalue weighted by Gasteiger charge is 2.17. The summed E-state index contributed by atoms with van der Waals surface area (Å²) in [6, 6.07) is 12.8. The molecule has 0 heterocycles. The van der Waals surface area contributed by atoms with Crippen molar-refractivity contribution in [2.45, 2.75) is 24.7 Å². The van der Waals surface area contributed by atoms with Crippen LogP contribution in [0, 0.1) is 5.82 Å². The van der Waals surface area contributed by atoms with E-state index in [4.69, 9.17) is 0 Å². The second kappa shape index (κ2) is 9.75. The fraction of sp³-hybridized carbons (Fsp3) is 0.316. The van der Waals surface area contributed by atoms with Crippen LogP contribution >= 0.6 is 11.8 Å². The molecule has 2 aromatic rings. The van der Waals surface area contributed by atoms with Gasteiger partial charge in [-0.15, -0.1) is 11.8 Å². The summed E-state index contributed by atoms with van der Waals surface area (Å²) in [5.74, 6) is 0.287. The lowest BCUT2D eigenvalue weighted by Crippen LogP contribution is -2.31. The largest absolute Gasteiger partial charge is 0.325 e. The van der Waals surface area contributed by atoms with Gasteiger partial charge in [0.15, 0.2) is 0 Å². The van der Waals surface area contributed by atoms with Crippen molar-refractivity contribution in [2.75, 3.05) is 28.2 Å². The second-order valence-corrected chi connectivity index (χ2v) is 9.11. The van der Waals surface area contributed by atoms with E-state index in [-0.39, 0.29) is 18.9 Å². The van der Waals surface area contributed by atoms with Crippen LogP contribution in [0.3, 0.4) is 0 Å². The Morgan fingerprint density at radius 1 is 1.15 bits per heavy atom. The molecule has 146 valence electrons. The maximum atomic E-state index is 13.1. The van der Waals surface area contributed by atoms with Gasteiger partial charge >= 0.3 is 0 Å². The number of halogens is 1. The van der Waals surface area contributed by atoms with E-state index in [1.807, 2.05) is 31.2 Å². The SMILES string of the molecule is CCSc1ccccc1NC(=O)CCCN(c1ccc(F)cc1)S(C)(=O)=O. The molecule has 0 aliphatic carbocycles. The van der Waals surface area contributed by atoms with Crippen molar-refractivity contribution in [1.82, 2.24) is 0 Å². The molecule has 0 atom stereocenters. The lowest BCUT2D eigenvalue weighted by molar-refractivity contribution is -0.116. The lowest BCUT2D eigenvalue weighted by atomic mass is 10.2. The monoisotopic (exact) mass is 410 g/mol. The minimum absolute atomic E-state index is 0.142. The standard InChI is InChI=1S/C19H23FN2O3S2/c1-3-26-18-8-5-4-7-17(18)21-19(23)9-6-14-22(27(2,24)25)16-12-10-15(20)11-13-16/h4-5,7-8,10-13H,3,6,9,14H2,1-2H3,(H,21,23). The summed E-state index contributed by atoms with van der Waals surface area (Å²) >= 11 is 1.64. The summed E-state index contributed by atoms with van der Waals surface area (Å²) < 4.78 is 38.3. The Balaban J connectivity index is 1.96. The molecule has 0 fully saturated rings. The number of hydrogen-bond donors (Lipinski definition) is 1. The number of para-hydroxylation sites is 1. The molecular formula is C19H23FN2O3S2. The average molecular weight is 411 g/mol. The van der Waals surface area contributed by atoms with E-state index < -0.39 is 15.8 Å². The molecule has 1 amide bonds. The summed E-state index contributed by atoms with van der Waals surface area (Å²) in [4.78, 5) is 13.2. The molecule has 0 saturated carbocycles. The number of benzene rings is 2. The van der Waals surface area contributed by atoms with E-state index in [0.717, 1.165) is 22.6 Å². The van der Waals surface area contributed by atoms with Gasteiger partial charge < -0.3 is 5.32 Å². The summed E-state index contributed by atoms with van der Waals surface area (Å²) in [5.41, 5.74) is 1.14. The Kier molecular flexibility index (Phi) is 7.67. The normalized spacial score (nSPS) is 11.2. The molecule has 0 aliphatic heterocycles. The number of hydrogen-bond acceptors (Lipinski definition) is 4. The summed E-state index contributed by atoms with van der Waals surface area (Å²) in [5, 5.41) is 2.88. The number of nitrogens with zero attached hydrogens (tertiary/aromatic N) is 1. The molecule has 0 aliphatic rings. The van der Waals surface area contributed by atoms with E-state index >= 15 is 0 Å². The zero-order valence-corrected chi connectivity index (χ0v) is 16.9. The van der Waals surface area contributed by atoms with Gasteiger partial charge in [0.05, 0.1) is 17.6 Å². The third-order valence-electron chi connectivity index (χ3n) is 3.74. The maximum Gasteiger partial charge on any atom is 0.232 e. The minimum Gasteiger partial charge on any atom is -0.325 e. The van der Waals surface area contributed by atoms with Crippen LogP contribution in [0.1, 0.15) is 19.8 Å². The van der Waals surface area contributed by atoms with Crippen LogP contribution in [0.2, 0.25) is 0 Å². The van der Waals surface area contributed by atoms with Crippen LogP contribution in [0.25, 0.3) is 0 Å². The molecule has 0 unspecified atom stereocenters. The average Bonchev–Trinajstić information content (AvgIpc) is 2.61. The molecule has 0 spiro atoms. The van der Waals surface area contributed by atoms with Crippen molar-refractivity contribution >= 4 is 39.1 Å². The third kappa shape index (κ3) is 6.55. The Morgan fingerprint density at radius 2 is 1.81 bits per heavy atom. The van der Waals surface area contributed by atoms with Gasteiger partial charge in [0, 0.05) is 17.9 Å². The maximum absolute atomic E-state index is 13.1. The highest BCUT2D eigenvalue weighted by atomic mass is 32.2. The highest BCUT2D eigenvalue weighted by molar-refractivity contribution is 7.99. The van der Waals surface area contributed by atoms with Gasteiger partial charge in [-0.05, 0) is 48.6 Å². The van der Waals surface area contributed by atoms with Gasteiger partial charge in [-0.2, -0.15) is 0 Å². The highest BCUT2D eigenvalue weighted by Crippen LogP contribution is 2.26. The minimum atomic E-state index is -3.53. The van der Waals surface area contributed by atoms with Crippen molar-refractivity contribution in [3.63, 3.8) is 0 Å². The van der Waals surface area contributed by atoms with Crippen LogP contribution in [-0.2, 0) is 14.8 Å². The van der Waals surface area contributed by atoms with Crippen LogP contribution < -0.4 is 9.62 Å². The van der Waals surface area contributed by atoms with Crippen molar-refractivity contribution < 1.29 is 17.6 Å². The van der Waals surface area contributed by atoms with Crippen LogP contribution in [0.5, 0.6) is 0 Å². The molecule has 2 rings (SSSR count). The predicted molar refractivity (Wildman–Crippen MR) is 109 cm³/mol. The lowest BCUT2D eigenvalue weighted by Gasteiger charge is -2.22. The Morgan fingerprint density at radius 3 is 2.44 bits per heavy atom. The first kappa shape index (κ1) is 21.2. The van der Waals surface area contributed by atoms with Crippen LogP contribution in [-0.4, -0.2) is 32.9 Å². The molecule has 0 radical (unpaired) electrons. The van der Waals surface area contributed by atoms with E-state index in [1.54, 1.807) is 11.8 Å². The molecule has 0 saturated heterocycles. The van der Waals surface area contributed by atoms with Crippen molar-refractivity contribution in [2.24, 2.45) is 0 Å². The predicted octanol–water partition coefficient (Wildman–Crippen LogP) is 4.12. The molecule has 8 heteroatoms. The molecule has 0 aromatic heterocycles. The number of rotatable bonds is 9. The first-order chi connectivity index (χ1) is 12.8. The van der Waals surface area contributed by atoms with E-state index in [2.05, 4.69) is 5.32 Å². The van der Waals surface area contributed by atoms with Gasteiger partial charge in [0.2, 0.25) is 15.9 Å². The van der Waals surface area contributed by atoms with Gasteiger partial charge in [0.25, 0.3) is 0 Å². The van der Waals surface area contributed by atoms with Gasteiger partial charge in [-0.3, -0.25) is 9.10 Å². The van der Waals surface area contributed by atoms with E-state index in [1.165, 1.54) is 28.6 Å². The molecule has 1 N–H and O–H groups in total.